The lowest BCUT2D eigenvalue weighted by Crippen LogP contribution is -2.47. The highest BCUT2D eigenvalue weighted by molar-refractivity contribution is 5.97. The average Bonchev–Trinajstić information content (AvgIpc) is 2.87. The van der Waals surface area contributed by atoms with Gasteiger partial charge in [-0.15, -0.1) is 0 Å². The fraction of sp³-hybridized carbons (Fsp3) is 0.515. The quantitative estimate of drug-likeness (QED) is 0.200. The SMILES string of the molecule is CCCCCc1cc2c(c3c1C(=O)OC(CC(C)=O)(c1ccc(OC)cc1)O3)C1C=C(C)CCC1C(C)(C)O2. The van der Waals surface area contributed by atoms with Gasteiger partial charge in [0.1, 0.15) is 34.2 Å². The van der Waals surface area contributed by atoms with Crippen LogP contribution in [0.25, 0.3) is 0 Å². The summed E-state index contributed by atoms with van der Waals surface area (Å²) < 4.78 is 25.0. The minimum atomic E-state index is -1.58. The second-order valence-corrected chi connectivity index (χ2v) is 11.8. The van der Waals surface area contributed by atoms with E-state index >= 15 is 0 Å². The minimum Gasteiger partial charge on any atom is -0.497 e. The lowest BCUT2D eigenvalue weighted by molar-refractivity contribution is -0.172. The Kier molecular flexibility index (Phi) is 7.25. The predicted molar refractivity (Wildman–Crippen MR) is 150 cm³/mol. The number of hydrogen-bond donors (Lipinski definition) is 0. The molecule has 5 rings (SSSR count). The van der Waals surface area contributed by atoms with E-state index in [-0.39, 0.29) is 29.6 Å². The summed E-state index contributed by atoms with van der Waals surface area (Å²) in [7, 11) is 1.59. The number of hydrogen-bond acceptors (Lipinski definition) is 6. The molecule has 0 saturated carbocycles. The first-order valence-electron chi connectivity index (χ1n) is 14.2. The van der Waals surface area contributed by atoms with Crippen molar-refractivity contribution in [3.05, 3.63) is 64.2 Å². The van der Waals surface area contributed by atoms with E-state index in [0.717, 1.165) is 55.4 Å². The summed E-state index contributed by atoms with van der Waals surface area (Å²) in [5.41, 5.74) is 3.78. The molecule has 6 nitrogen and oxygen atoms in total. The fourth-order valence-electron chi connectivity index (χ4n) is 6.54. The molecule has 39 heavy (non-hydrogen) atoms. The maximum Gasteiger partial charge on any atom is 0.345 e. The van der Waals surface area contributed by atoms with E-state index in [2.05, 4.69) is 33.8 Å². The molecule has 0 fully saturated rings. The average molecular weight is 533 g/mol. The third kappa shape index (κ3) is 4.94. The summed E-state index contributed by atoms with van der Waals surface area (Å²) in [5.74, 6) is 0.0207. The Morgan fingerprint density at radius 3 is 2.51 bits per heavy atom. The number of Topliss-reactive ketones (excluding diaryl/α,β-unsaturated/α-hetero) is 1. The molecule has 6 heteroatoms. The monoisotopic (exact) mass is 532 g/mol. The van der Waals surface area contributed by atoms with Crippen LogP contribution in [0.4, 0.5) is 0 Å². The molecule has 3 atom stereocenters. The minimum absolute atomic E-state index is 0.0349. The van der Waals surface area contributed by atoms with E-state index in [9.17, 15) is 9.59 Å². The van der Waals surface area contributed by atoms with Crippen LogP contribution in [0.15, 0.2) is 42.0 Å². The number of aryl methyl sites for hydroxylation is 1. The normalized spacial score (nSPS) is 24.7. The highest BCUT2D eigenvalue weighted by atomic mass is 16.7. The van der Waals surface area contributed by atoms with Crippen molar-refractivity contribution in [2.24, 2.45) is 5.92 Å². The number of benzene rings is 2. The van der Waals surface area contributed by atoms with E-state index in [1.165, 1.54) is 12.5 Å². The molecule has 2 aromatic rings. The number of fused-ring (bicyclic) bond motifs is 5. The molecule has 1 aliphatic carbocycles. The molecule has 2 aliphatic heterocycles. The van der Waals surface area contributed by atoms with Crippen molar-refractivity contribution in [1.29, 1.82) is 0 Å². The van der Waals surface area contributed by atoms with Crippen molar-refractivity contribution in [3.8, 4) is 17.2 Å². The Bertz CT molecular complexity index is 1300. The maximum absolute atomic E-state index is 14.0. The molecule has 0 saturated heterocycles. The van der Waals surface area contributed by atoms with Crippen LogP contribution in [0, 0.1) is 5.92 Å². The number of ether oxygens (including phenoxy) is 4. The number of methoxy groups -OCH3 is 1. The van der Waals surface area contributed by atoms with Gasteiger partial charge in [-0.1, -0.05) is 31.4 Å². The molecule has 2 heterocycles. The topological polar surface area (TPSA) is 71.1 Å². The van der Waals surface area contributed by atoms with Crippen LogP contribution in [0.1, 0.15) is 106 Å². The molecule has 3 unspecified atom stereocenters. The molecular formula is C33H40O6. The Labute approximate surface area is 231 Å². The Morgan fingerprint density at radius 1 is 1.10 bits per heavy atom. The van der Waals surface area contributed by atoms with Gasteiger partial charge in [0.15, 0.2) is 0 Å². The van der Waals surface area contributed by atoms with Gasteiger partial charge in [-0.05, 0) is 89.3 Å². The third-order valence-corrected chi connectivity index (χ3v) is 8.50. The maximum atomic E-state index is 14.0. The van der Waals surface area contributed by atoms with Crippen LogP contribution in [-0.2, 0) is 21.7 Å². The van der Waals surface area contributed by atoms with Gasteiger partial charge >= 0.3 is 5.97 Å². The number of ketones is 1. The molecule has 0 spiro atoms. The number of unbranched alkanes of at least 4 members (excludes halogenated alkanes) is 2. The van der Waals surface area contributed by atoms with Gasteiger partial charge in [0.2, 0.25) is 0 Å². The number of carbonyl (C=O) groups excluding carboxylic acids is 2. The summed E-state index contributed by atoms with van der Waals surface area (Å²) in [5, 5.41) is 0. The van der Waals surface area contributed by atoms with Crippen LogP contribution in [0.5, 0.6) is 17.2 Å². The fourth-order valence-corrected chi connectivity index (χ4v) is 6.54. The summed E-state index contributed by atoms with van der Waals surface area (Å²) in [4.78, 5) is 26.6. The first-order valence-corrected chi connectivity index (χ1v) is 14.2. The van der Waals surface area contributed by atoms with Crippen molar-refractivity contribution >= 4 is 11.8 Å². The van der Waals surface area contributed by atoms with Crippen molar-refractivity contribution in [3.63, 3.8) is 0 Å². The first-order chi connectivity index (χ1) is 18.6. The van der Waals surface area contributed by atoms with Crippen molar-refractivity contribution in [2.45, 2.75) is 96.9 Å². The first kappa shape index (κ1) is 27.3. The highest BCUT2D eigenvalue weighted by Gasteiger charge is 2.51. The van der Waals surface area contributed by atoms with E-state index in [0.29, 0.717) is 22.6 Å². The third-order valence-electron chi connectivity index (χ3n) is 8.50. The van der Waals surface area contributed by atoms with Crippen molar-refractivity contribution in [2.75, 3.05) is 7.11 Å². The van der Waals surface area contributed by atoms with E-state index < -0.39 is 11.8 Å². The predicted octanol–water partition coefficient (Wildman–Crippen LogP) is 7.42. The Hall–Kier alpha value is -3.28. The summed E-state index contributed by atoms with van der Waals surface area (Å²) >= 11 is 0. The van der Waals surface area contributed by atoms with Crippen LogP contribution in [0.2, 0.25) is 0 Å². The van der Waals surface area contributed by atoms with Gasteiger partial charge in [-0.2, -0.15) is 0 Å². The number of allylic oxidation sites excluding steroid dienone is 2. The molecule has 0 amide bonds. The second kappa shape index (κ2) is 10.4. The number of carbonyl (C=O) groups is 2. The molecule has 0 N–H and O–H groups in total. The van der Waals surface area contributed by atoms with Crippen LogP contribution in [0.3, 0.4) is 0 Å². The lowest BCUT2D eigenvalue weighted by Gasteiger charge is -2.48. The highest BCUT2D eigenvalue weighted by Crippen LogP contribution is 2.57. The van der Waals surface area contributed by atoms with Gasteiger partial charge in [0, 0.05) is 23.0 Å². The molecular weight excluding hydrogens is 492 g/mol. The largest absolute Gasteiger partial charge is 0.497 e. The zero-order chi connectivity index (χ0) is 27.9. The summed E-state index contributed by atoms with van der Waals surface area (Å²) in [6.07, 6.45) is 8.02. The molecule has 2 aromatic carbocycles. The standard InChI is InChI=1S/C33H40O6/c1-7-8-9-10-22-18-27-29(25-17-20(2)11-16-26(25)32(4,5)37-27)30-28(22)31(35)39-33(38-30,19-21(3)34)23-12-14-24(36-6)15-13-23/h12-15,17-18,25-26H,7-11,16,19H2,1-6H3. The molecule has 208 valence electrons. The van der Waals surface area contributed by atoms with Crippen molar-refractivity contribution < 1.29 is 28.5 Å². The van der Waals surface area contributed by atoms with Crippen LogP contribution >= 0.6 is 0 Å². The van der Waals surface area contributed by atoms with Gasteiger partial charge in [-0.3, -0.25) is 4.79 Å². The van der Waals surface area contributed by atoms with E-state index in [1.54, 1.807) is 31.4 Å². The second-order valence-electron chi connectivity index (χ2n) is 11.8. The van der Waals surface area contributed by atoms with Gasteiger partial charge in [-0.25, -0.2) is 4.79 Å². The molecule has 0 bridgehead atoms. The molecule has 0 aromatic heterocycles. The zero-order valence-corrected chi connectivity index (χ0v) is 24.0. The Balaban J connectivity index is 1.73. The van der Waals surface area contributed by atoms with Crippen LogP contribution < -0.4 is 14.2 Å². The lowest BCUT2D eigenvalue weighted by atomic mass is 9.67. The number of cyclic esters (lactones) is 1. The van der Waals surface area contributed by atoms with Crippen LogP contribution in [-0.4, -0.2) is 24.5 Å². The Morgan fingerprint density at radius 2 is 1.85 bits per heavy atom. The summed E-state index contributed by atoms with van der Waals surface area (Å²) in [6, 6.07) is 9.20. The van der Waals surface area contributed by atoms with E-state index in [4.69, 9.17) is 18.9 Å². The van der Waals surface area contributed by atoms with Crippen molar-refractivity contribution in [1.82, 2.24) is 0 Å². The number of esters is 1. The smallest absolute Gasteiger partial charge is 0.345 e. The number of rotatable bonds is 8. The zero-order valence-electron chi connectivity index (χ0n) is 24.0. The molecule has 3 aliphatic rings. The van der Waals surface area contributed by atoms with Gasteiger partial charge < -0.3 is 18.9 Å². The van der Waals surface area contributed by atoms with Gasteiger partial charge in [0.25, 0.3) is 5.79 Å². The van der Waals surface area contributed by atoms with E-state index in [1.807, 2.05) is 6.07 Å². The molecule has 0 radical (unpaired) electrons. The summed E-state index contributed by atoms with van der Waals surface area (Å²) in [6.45, 7) is 10.1. The van der Waals surface area contributed by atoms with Gasteiger partial charge in [0.05, 0.1) is 13.5 Å².